The first-order valence-corrected chi connectivity index (χ1v) is 5.86. The van der Waals surface area contributed by atoms with Gasteiger partial charge in [-0.15, -0.1) is 0 Å². The zero-order valence-electron chi connectivity index (χ0n) is 10.3. The standard InChI is InChI=1S/C11H19N5O/c1-16(8-5-3-4-6-8)11-9(17-2)10(15-12)13-7-14-11/h7-8H,3-6,12H2,1-2H3,(H,13,14,15). The second kappa shape index (κ2) is 5.18. The van der Waals surface area contributed by atoms with Crippen LogP contribution in [0.5, 0.6) is 5.75 Å². The first-order valence-electron chi connectivity index (χ1n) is 5.86. The van der Waals surface area contributed by atoms with E-state index in [0.717, 1.165) is 5.82 Å². The largest absolute Gasteiger partial charge is 0.490 e. The van der Waals surface area contributed by atoms with Gasteiger partial charge in [-0.1, -0.05) is 12.8 Å². The molecule has 2 rings (SSSR count). The number of ether oxygens (including phenoxy) is 1. The molecule has 1 fully saturated rings. The van der Waals surface area contributed by atoms with Crippen LogP contribution in [0.4, 0.5) is 11.6 Å². The monoisotopic (exact) mass is 237 g/mol. The number of rotatable bonds is 4. The quantitative estimate of drug-likeness (QED) is 0.604. The lowest BCUT2D eigenvalue weighted by Gasteiger charge is -2.27. The molecule has 3 N–H and O–H groups in total. The molecule has 0 radical (unpaired) electrons. The van der Waals surface area contributed by atoms with Crippen LogP contribution in [0.3, 0.4) is 0 Å². The highest BCUT2D eigenvalue weighted by molar-refractivity contribution is 5.64. The summed E-state index contributed by atoms with van der Waals surface area (Å²) in [5.74, 6) is 7.32. The van der Waals surface area contributed by atoms with E-state index in [4.69, 9.17) is 10.6 Å². The fraction of sp³-hybridized carbons (Fsp3) is 0.636. The summed E-state index contributed by atoms with van der Waals surface area (Å²) < 4.78 is 5.34. The smallest absolute Gasteiger partial charge is 0.205 e. The lowest BCUT2D eigenvalue weighted by atomic mass is 10.2. The van der Waals surface area contributed by atoms with E-state index in [1.807, 2.05) is 7.05 Å². The van der Waals surface area contributed by atoms with E-state index in [0.29, 0.717) is 17.6 Å². The van der Waals surface area contributed by atoms with Crippen LogP contribution in [-0.2, 0) is 0 Å². The number of anilines is 2. The summed E-state index contributed by atoms with van der Waals surface area (Å²) in [5, 5.41) is 0. The fourth-order valence-corrected chi connectivity index (χ4v) is 2.37. The van der Waals surface area contributed by atoms with Gasteiger partial charge in [0.15, 0.2) is 11.6 Å². The molecule has 0 atom stereocenters. The molecule has 0 saturated heterocycles. The topological polar surface area (TPSA) is 76.3 Å². The zero-order valence-corrected chi connectivity index (χ0v) is 10.3. The van der Waals surface area contributed by atoms with Crippen molar-refractivity contribution in [3.05, 3.63) is 6.33 Å². The van der Waals surface area contributed by atoms with E-state index >= 15 is 0 Å². The van der Waals surface area contributed by atoms with Crippen LogP contribution in [0.25, 0.3) is 0 Å². The van der Waals surface area contributed by atoms with Gasteiger partial charge in [0.25, 0.3) is 0 Å². The highest BCUT2D eigenvalue weighted by Gasteiger charge is 2.24. The Hall–Kier alpha value is -1.56. The summed E-state index contributed by atoms with van der Waals surface area (Å²) in [6.45, 7) is 0. The number of nitrogens with two attached hydrogens (primary N) is 1. The molecule has 0 aromatic carbocycles. The Bertz CT molecular complexity index is 378. The Labute approximate surface area is 101 Å². The molecule has 0 bridgehead atoms. The van der Waals surface area contributed by atoms with E-state index in [1.54, 1.807) is 7.11 Å². The summed E-state index contributed by atoms with van der Waals surface area (Å²) in [4.78, 5) is 10.5. The van der Waals surface area contributed by atoms with Crippen LogP contribution in [0.1, 0.15) is 25.7 Å². The van der Waals surface area contributed by atoms with Crippen molar-refractivity contribution >= 4 is 11.6 Å². The number of hydrazine groups is 1. The molecular formula is C11H19N5O. The molecule has 0 unspecified atom stereocenters. The molecule has 1 aromatic rings. The van der Waals surface area contributed by atoms with E-state index in [2.05, 4.69) is 20.3 Å². The molecular weight excluding hydrogens is 218 g/mol. The van der Waals surface area contributed by atoms with E-state index in [-0.39, 0.29) is 0 Å². The van der Waals surface area contributed by atoms with Gasteiger partial charge < -0.3 is 15.1 Å². The second-order valence-electron chi connectivity index (χ2n) is 4.27. The fourth-order valence-electron chi connectivity index (χ4n) is 2.37. The van der Waals surface area contributed by atoms with Gasteiger partial charge in [-0.05, 0) is 12.8 Å². The van der Waals surface area contributed by atoms with Crippen molar-refractivity contribution in [3.63, 3.8) is 0 Å². The van der Waals surface area contributed by atoms with Crippen LogP contribution in [0.2, 0.25) is 0 Å². The van der Waals surface area contributed by atoms with Crippen LogP contribution >= 0.6 is 0 Å². The van der Waals surface area contributed by atoms with Crippen molar-refractivity contribution in [2.24, 2.45) is 5.84 Å². The number of hydrogen-bond donors (Lipinski definition) is 2. The lowest BCUT2D eigenvalue weighted by Crippen LogP contribution is -2.30. The lowest BCUT2D eigenvalue weighted by molar-refractivity contribution is 0.411. The highest BCUT2D eigenvalue weighted by Crippen LogP contribution is 2.34. The van der Waals surface area contributed by atoms with Crippen molar-refractivity contribution < 1.29 is 4.74 Å². The Morgan fingerprint density at radius 3 is 2.71 bits per heavy atom. The molecule has 1 aromatic heterocycles. The minimum absolute atomic E-state index is 0.516. The molecule has 0 spiro atoms. The van der Waals surface area contributed by atoms with E-state index in [9.17, 15) is 0 Å². The van der Waals surface area contributed by atoms with Crippen molar-refractivity contribution in [2.45, 2.75) is 31.7 Å². The maximum atomic E-state index is 5.41. The molecule has 0 amide bonds. The van der Waals surface area contributed by atoms with Gasteiger partial charge in [0.05, 0.1) is 7.11 Å². The van der Waals surface area contributed by atoms with E-state index in [1.165, 1.54) is 32.0 Å². The SMILES string of the molecule is COc1c(NN)ncnc1N(C)C1CCCC1. The minimum atomic E-state index is 0.516. The first kappa shape index (κ1) is 11.9. The first-order chi connectivity index (χ1) is 8.27. The van der Waals surface area contributed by atoms with Crippen molar-refractivity contribution in [1.29, 1.82) is 0 Å². The summed E-state index contributed by atoms with van der Waals surface area (Å²) in [5.41, 5.74) is 2.53. The number of methoxy groups -OCH3 is 1. The summed E-state index contributed by atoms with van der Waals surface area (Å²) in [7, 11) is 3.65. The predicted octanol–water partition coefficient (Wildman–Crippen LogP) is 1.15. The Morgan fingerprint density at radius 2 is 2.12 bits per heavy atom. The molecule has 1 saturated carbocycles. The van der Waals surface area contributed by atoms with Gasteiger partial charge in [-0.25, -0.2) is 15.8 Å². The third kappa shape index (κ3) is 2.26. The van der Waals surface area contributed by atoms with Crippen molar-refractivity contribution in [1.82, 2.24) is 9.97 Å². The van der Waals surface area contributed by atoms with Gasteiger partial charge >= 0.3 is 0 Å². The zero-order chi connectivity index (χ0) is 12.3. The highest BCUT2D eigenvalue weighted by atomic mass is 16.5. The average Bonchev–Trinajstić information content (AvgIpc) is 2.90. The molecule has 6 heteroatoms. The number of nitrogens with one attached hydrogen (secondary N) is 1. The number of nitrogens with zero attached hydrogens (tertiary/aromatic N) is 3. The summed E-state index contributed by atoms with van der Waals surface area (Å²) in [6, 6.07) is 0.532. The Kier molecular flexibility index (Phi) is 3.63. The van der Waals surface area contributed by atoms with Gasteiger partial charge in [-0.2, -0.15) is 0 Å². The number of hydrogen-bond acceptors (Lipinski definition) is 6. The van der Waals surface area contributed by atoms with Crippen LogP contribution in [0, 0.1) is 0 Å². The van der Waals surface area contributed by atoms with Crippen LogP contribution < -0.4 is 20.9 Å². The van der Waals surface area contributed by atoms with Gasteiger partial charge in [-0.3, -0.25) is 0 Å². The van der Waals surface area contributed by atoms with Crippen molar-refractivity contribution in [3.8, 4) is 5.75 Å². The predicted molar refractivity (Wildman–Crippen MR) is 67.1 cm³/mol. The maximum absolute atomic E-state index is 5.41. The second-order valence-corrected chi connectivity index (χ2v) is 4.27. The Morgan fingerprint density at radius 1 is 1.41 bits per heavy atom. The minimum Gasteiger partial charge on any atom is -0.490 e. The summed E-state index contributed by atoms with van der Waals surface area (Å²) in [6.07, 6.45) is 6.47. The van der Waals surface area contributed by atoms with Crippen LogP contribution in [-0.4, -0.2) is 30.2 Å². The van der Waals surface area contributed by atoms with Gasteiger partial charge in [0.2, 0.25) is 5.75 Å². The Balaban J connectivity index is 2.29. The third-order valence-corrected chi connectivity index (χ3v) is 3.33. The molecule has 17 heavy (non-hydrogen) atoms. The molecule has 6 nitrogen and oxygen atoms in total. The normalized spacial score (nSPS) is 15.9. The molecule has 1 heterocycles. The van der Waals surface area contributed by atoms with Crippen molar-refractivity contribution in [2.75, 3.05) is 24.5 Å². The molecule has 0 aliphatic heterocycles. The van der Waals surface area contributed by atoms with Crippen LogP contribution in [0.15, 0.2) is 6.33 Å². The van der Waals surface area contributed by atoms with E-state index < -0.39 is 0 Å². The molecule has 1 aliphatic carbocycles. The molecule has 1 aliphatic rings. The third-order valence-electron chi connectivity index (χ3n) is 3.33. The number of nitrogen functional groups attached to an aromatic ring is 1. The average molecular weight is 237 g/mol. The molecule has 94 valence electrons. The number of aromatic nitrogens is 2. The van der Waals surface area contributed by atoms with Gasteiger partial charge in [0, 0.05) is 13.1 Å². The maximum Gasteiger partial charge on any atom is 0.205 e. The van der Waals surface area contributed by atoms with Gasteiger partial charge in [0.1, 0.15) is 6.33 Å². The summed E-state index contributed by atoms with van der Waals surface area (Å²) >= 11 is 0.